The van der Waals surface area contributed by atoms with Gasteiger partial charge in [-0.05, 0) is 60.7 Å². The van der Waals surface area contributed by atoms with Crippen LogP contribution in [0, 0.1) is 6.92 Å². The lowest BCUT2D eigenvalue weighted by Crippen LogP contribution is -2.29. The maximum Gasteiger partial charge on any atom is 0.266 e. The minimum Gasteiger partial charge on any atom is -0.293 e. The van der Waals surface area contributed by atoms with Gasteiger partial charge in [0.15, 0.2) is 0 Å². The molecular formula is C28H31N3OS2. The second-order valence-electron chi connectivity index (χ2n) is 8.97. The number of hydrogen-bond acceptors (Lipinski definition) is 4. The maximum atomic E-state index is 13.1. The molecule has 0 aliphatic carbocycles. The number of hydrogen-bond donors (Lipinski definition) is 0. The molecule has 4 rings (SSSR count). The molecular weight excluding hydrogens is 458 g/mol. The topological polar surface area (TPSA) is 38.1 Å². The average molecular weight is 490 g/mol. The Hall–Kier alpha value is -2.70. The van der Waals surface area contributed by atoms with Crippen LogP contribution in [0.3, 0.4) is 0 Å². The van der Waals surface area contributed by atoms with E-state index in [1.54, 1.807) is 4.90 Å². The van der Waals surface area contributed by atoms with E-state index in [0.717, 1.165) is 41.9 Å². The van der Waals surface area contributed by atoms with Crippen LogP contribution in [0.25, 0.3) is 23.0 Å². The second-order valence-corrected chi connectivity index (χ2v) is 10.6. The van der Waals surface area contributed by atoms with E-state index in [-0.39, 0.29) is 5.91 Å². The zero-order valence-corrected chi connectivity index (χ0v) is 21.9. The van der Waals surface area contributed by atoms with Crippen LogP contribution in [-0.2, 0) is 4.79 Å². The molecule has 176 valence electrons. The Bertz CT molecular complexity index is 1230. The molecule has 0 radical (unpaired) electrons. The van der Waals surface area contributed by atoms with Gasteiger partial charge in [-0.15, -0.1) is 0 Å². The summed E-state index contributed by atoms with van der Waals surface area (Å²) in [6, 6.07) is 18.7. The Kier molecular flexibility index (Phi) is 7.69. The van der Waals surface area contributed by atoms with Crippen LogP contribution in [-0.4, -0.2) is 31.5 Å². The predicted molar refractivity (Wildman–Crippen MR) is 147 cm³/mol. The lowest BCUT2D eigenvalue weighted by atomic mass is 9.96. The predicted octanol–water partition coefficient (Wildman–Crippen LogP) is 7.36. The molecule has 4 nitrogen and oxygen atoms in total. The first-order chi connectivity index (χ1) is 16.4. The summed E-state index contributed by atoms with van der Waals surface area (Å²) in [4.78, 5) is 15.5. The van der Waals surface area contributed by atoms with Crippen molar-refractivity contribution in [3.8, 4) is 16.9 Å². The molecule has 1 aliphatic rings. The van der Waals surface area contributed by atoms with Crippen molar-refractivity contribution in [1.29, 1.82) is 0 Å². The van der Waals surface area contributed by atoms with Gasteiger partial charge in [0.25, 0.3) is 5.91 Å². The van der Waals surface area contributed by atoms with Crippen LogP contribution in [0.1, 0.15) is 62.8 Å². The molecule has 0 unspecified atom stereocenters. The summed E-state index contributed by atoms with van der Waals surface area (Å²) in [5.74, 6) is 0.427. The minimum absolute atomic E-state index is 0.00792. The number of carbonyl (C=O) groups excluding carboxylic acids is 1. The third-order valence-corrected chi connectivity index (χ3v) is 7.46. The third-order valence-electron chi connectivity index (χ3n) is 6.08. The highest BCUT2D eigenvalue weighted by molar-refractivity contribution is 8.26. The molecule has 1 saturated heterocycles. The Morgan fingerprint density at radius 2 is 1.85 bits per heavy atom. The van der Waals surface area contributed by atoms with Crippen LogP contribution in [0.5, 0.6) is 0 Å². The standard InChI is InChI=1S/C28H31N3OS2/c1-5-6-10-15-30-27(32)26(34-28(30)33)18-23-17-25(29-31(23)22-11-8-7-9-12-22)24-16-21(19(2)3)14-13-20(24)4/h7-9,11-14,16-19H,5-6,10,15H2,1-4H3/b26-18+. The van der Waals surface area contributed by atoms with Gasteiger partial charge in [0, 0.05) is 12.1 Å². The molecule has 6 heteroatoms. The SMILES string of the molecule is CCCCCN1C(=O)/C(=C\c2cc(-c3cc(C(C)C)ccc3C)nn2-c2ccccc2)SC1=S. The molecule has 0 saturated carbocycles. The number of aryl methyl sites for hydroxylation is 1. The van der Waals surface area contributed by atoms with Gasteiger partial charge in [0.1, 0.15) is 4.32 Å². The summed E-state index contributed by atoms with van der Waals surface area (Å²) in [6.07, 6.45) is 5.11. The smallest absolute Gasteiger partial charge is 0.266 e. The van der Waals surface area contributed by atoms with Crippen molar-refractivity contribution in [1.82, 2.24) is 14.7 Å². The summed E-state index contributed by atoms with van der Waals surface area (Å²) in [7, 11) is 0. The molecule has 0 N–H and O–H groups in total. The van der Waals surface area contributed by atoms with Gasteiger partial charge in [-0.25, -0.2) is 4.68 Å². The molecule has 0 atom stereocenters. The zero-order valence-electron chi connectivity index (χ0n) is 20.2. The number of benzene rings is 2. The Balaban J connectivity index is 1.76. The van der Waals surface area contributed by atoms with E-state index < -0.39 is 0 Å². The van der Waals surface area contributed by atoms with Gasteiger partial charge in [-0.1, -0.05) is 87.9 Å². The summed E-state index contributed by atoms with van der Waals surface area (Å²) in [5.41, 5.74) is 6.29. The quantitative estimate of drug-likeness (QED) is 0.188. The first-order valence-electron chi connectivity index (χ1n) is 11.9. The molecule has 2 heterocycles. The number of thiocarbonyl (C=S) groups is 1. The number of aromatic nitrogens is 2. The number of para-hydroxylation sites is 1. The summed E-state index contributed by atoms with van der Waals surface area (Å²) < 4.78 is 2.55. The van der Waals surface area contributed by atoms with Crippen LogP contribution in [0.15, 0.2) is 59.5 Å². The van der Waals surface area contributed by atoms with E-state index in [0.29, 0.717) is 21.7 Å². The molecule has 0 spiro atoms. The second kappa shape index (κ2) is 10.7. The van der Waals surface area contributed by atoms with E-state index in [1.807, 2.05) is 41.1 Å². The third kappa shape index (κ3) is 5.18. The van der Waals surface area contributed by atoms with Gasteiger partial charge in [-0.3, -0.25) is 9.69 Å². The Labute approximate surface area is 212 Å². The fourth-order valence-electron chi connectivity index (χ4n) is 4.03. The van der Waals surface area contributed by atoms with Crippen LogP contribution >= 0.6 is 24.0 Å². The van der Waals surface area contributed by atoms with Crippen molar-refractivity contribution < 1.29 is 4.79 Å². The highest BCUT2D eigenvalue weighted by atomic mass is 32.2. The van der Waals surface area contributed by atoms with Crippen molar-refractivity contribution in [3.05, 3.63) is 76.3 Å². The van der Waals surface area contributed by atoms with Gasteiger partial charge in [-0.2, -0.15) is 5.10 Å². The molecule has 0 bridgehead atoms. The first-order valence-corrected chi connectivity index (χ1v) is 13.1. The average Bonchev–Trinajstić information content (AvgIpc) is 3.36. The number of thioether (sulfide) groups is 1. The molecule has 1 aliphatic heterocycles. The van der Waals surface area contributed by atoms with Crippen molar-refractivity contribution in [2.75, 3.05) is 6.54 Å². The molecule has 1 amide bonds. The van der Waals surface area contributed by atoms with Crippen LogP contribution < -0.4 is 0 Å². The maximum absolute atomic E-state index is 13.1. The molecule has 34 heavy (non-hydrogen) atoms. The number of carbonyl (C=O) groups is 1. The van der Waals surface area contributed by atoms with Gasteiger partial charge in [0.05, 0.1) is 22.0 Å². The van der Waals surface area contributed by atoms with E-state index >= 15 is 0 Å². The fraction of sp³-hybridized carbons (Fsp3) is 0.321. The van der Waals surface area contributed by atoms with Crippen molar-refractivity contribution in [2.45, 2.75) is 52.9 Å². The van der Waals surface area contributed by atoms with Gasteiger partial charge in [0.2, 0.25) is 0 Å². The lowest BCUT2D eigenvalue weighted by molar-refractivity contribution is -0.122. The molecule has 3 aromatic rings. The fourth-order valence-corrected chi connectivity index (χ4v) is 5.32. The lowest BCUT2D eigenvalue weighted by Gasteiger charge is -2.13. The molecule has 1 aromatic heterocycles. The van der Waals surface area contributed by atoms with E-state index in [1.165, 1.54) is 22.9 Å². The van der Waals surface area contributed by atoms with Crippen LogP contribution in [0.4, 0.5) is 0 Å². The highest BCUT2D eigenvalue weighted by Gasteiger charge is 2.32. The van der Waals surface area contributed by atoms with Crippen LogP contribution in [0.2, 0.25) is 0 Å². The monoisotopic (exact) mass is 489 g/mol. The van der Waals surface area contributed by atoms with Crippen molar-refractivity contribution in [3.63, 3.8) is 0 Å². The first kappa shape index (κ1) is 24.4. The number of rotatable bonds is 8. The normalized spacial score (nSPS) is 15.2. The Morgan fingerprint density at radius 3 is 2.56 bits per heavy atom. The van der Waals surface area contributed by atoms with Gasteiger partial charge < -0.3 is 0 Å². The van der Waals surface area contributed by atoms with Gasteiger partial charge >= 0.3 is 0 Å². The molecule has 1 fully saturated rings. The summed E-state index contributed by atoms with van der Waals surface area (Å²) in [5, 5.41) is 4.98. The summed E-state index contributed by atoms with van der Waals surface area (Å²) in [6.45, 7) is 9.35. The van der Waals surface area contributed by atoms with E-state index in [2.05, 4.69) is 52.0 Å². The zero-order chi connectivity index (χ0) is 24.2. The molecule has 2 aromatic carbocycles. The number of nitrogens with zero attached hydrogens (tertiary/aromatic N) is 3. The number of unbranched alkanes of at least 4 members (excludes halogenated alkanes) is 2. The van der Waals surface area contributed by atoms with Crippen molar-refractivity contribution in [2.24, 2.45) is 0 Å². The van der Waals surface area contributed by atoms with E-state index in [4.69, 9.17) is 17.3 Å². The van der Waals surface area contributed by atoms with Crippen molar-refractivity contribution >= 4 is 40.3 Å². The number of amides is 1. The summed E-state index contributed by atoms with van der Waals surface area (Å²) >= 11 is 6.91. The highest BCUT2D eigenvalue weighted by Crippen LogP contribution is 2.35. The Morgan fingerprint density at radius 1 is 1.09 bits per heavy atom. The largest absolute Gasteiger partial charge is 0.293 e. The minimum atomic E-state index is -0.00792. The van der Waals surface area contributed by atoms with E-state index in [9.17, 15) is 4.79 Å².